The Kier molecular flexibility index (Phi) is 4.57. The number of fused-ring (bicyclic) bond motifs is 1. The molecule has 0 aliphatic carbocycles. The first kappa shape index (κ1) is 16.8. The normalized spacial score (nSPS) is 10.8. The monoisotopic (exact) mass is 335 g/mol. The average molecular weight is 335 g/mol. The van der Waals surface area contributed by atoms with Crippen LogP contribution >= 0.6 is 0 Å². The first-order chi connectivity index (χ1) is 12.0. The Bertz CT molecular complexity index is 1010. The number of aromatic amines is 1. The average Bonchev–Trinajstić information content (AvgIpc) is 2.93. The third-order valence-electron chi connectivity index (χ3n) is 4.28. The second kappa shape index (κ2) is 6.81. The lowest BCUT2D eigenvalue weighted by molar-refractivity contribution is 0.0952. The van der Waals surface area contributed by atoms with Crippen LogP contribution in [-0.4, -0.2) is 15.5 Å². The van der Waals surface area contributed by atoms with E-state index in [-0.39, 0.29) is 18.0 Å². The van der Waals surface area contributed by atoms with E-state index < -0.39 is 0 Å². The molecule has 2 aromatic heterocycles. The zero-order valence-corrected chi connectivity index (χ0v) is 14.4. The number of para-hydroxylation sites is 1. The summed E-state index contributed by atoms with van der Waals surface area (Å²) in [5.41, 5.74) is 3.68. The van der Waals surface area contributed by atoms with Crippen LogP contribution in [0.3, 0.4) is 0 Å². The van der Waals surface area contributed by atoms with Crippen molar-refractivity contribution in [3.05, 3.63) is 81.9 Å². The first-order valence-electron chi connectivity index (χ1n) is 8.17. The van der Waals surface area contributed by atoms with Gasteiger partial charge in [-0.25, -0.2) is 0 Å². The number of carbonyl (C=O) groups excluding carboxylic acids is 1. The lowest BCUT2D eigenvalue weighted by Gasteiger charge is -2.07. The zero-order valence-electron chi connectivity index (χ0n) is 14.4. The summed E-state index contributed by atoms with van der Waals surface area (Å²) in [5, 5.41) is 3.75. The van der Waals surface area contributed by atoms with E-state index in [0.717, 1.165) is 22.2 Å². The number of carbonyl (C=O) groups is 1. The molecule has 2 N–H and O–H groups in total. The number of rotatable bonds is 5. The molecule has 0 aliphatic rings. The molecule has 0 unspecified atom stereocenters. The van der Waals surface area contributed by atoms with E-state index in [1.54, 1.807) is 6.08 Å². The summed E-state index contributed by atoms with van der Waals surface area (Å²) in [6, 6.07) is 9.65. The van der Waals surface area contributed by atoms with Crippen LogP contribution in [0, 0.1) is 13.8 Å². The third-order valence-corrected chi connectivity index (χ3v) is 4.28. The van der Waals surface area contributed by atoms with Crippen LogP contribution in [0.2, 0.25) is 0 Å². The molecule has 2 heterocycles. The molecule has 0 saturated heterocycles. The van der Waals surface area contributed by atoms with Crippen LogP contribution in [0.25, 0.3) is 10.9 Å². The number of hydrogen-bond donors (Lipinski definition) is 2. The molecule has 3 rings (SSSR count). The van der Waals surface area contributed by atoms with E-state index in [4.69, 9.17) is 0 Å². The molecular formula is C20H21N3O2. The summed E-state index contributed by atoms with van der Waals surface area (Å²) in [5.74, 6) is -0.196. The second-order valence-corrected chi connectivity index (χ2v) is 6.13. The Morgan fingerprint density at radius 3 is 2.80 bits per heavy atom. The maximum absolute atomic E-state index is 12.7. The molecular weight excluding hydrogens is 314 g/mol. The molecule has 0 radical (unpaired) electrons. The molecule has 25 heavy (non-hydrogen) atoms. The number of nitrogens with zero attached hydrogens (tertiary/aromatic N) is 1. The zero-order chi connectivity index (χ0) is 18.0. The highest BCUT2D eigenvalue weighted by atomic mass is 16.1. The molecule has 1 amide bonds. The van der Waals surface area contributed by atoms with Crippen LogP contribution < -0.4 is 10.9 Å². The molecule has 0 atom stereocenters. The molecule has 1 aromatic carbocycles. The van der Waals surface area contributed by atoms with Gasteiger partial charge in [-0.3, -0.25) is 9.59 Å². The standard InChI is InChI=1S/C20H21N3O2/c1-4-9-23-12-17(15-7-5-6-8-18(15)23)19(24)21-11-16-13(2)10-14(3)22-20(16)25/h4-8,10,12H,1,9,11H2,2-3H3,(H,21,24)(H,22,25). The molecule has 5 heteroatoms. The second-order valence-electron chi connectivity index (χ2n) is 6.13. The van der Waals surface area contributed by atoms with Gasteiger partial charge in [-0.2, -0.15) is 0 Å². The molecule has 0 saturated carbocycles. The van der Waals surface area contributed by atoms with Crippen molar-refractivity contribution in [3.63, 3.8) is 0 Å². The minimum Gasteiger partial charge on any atom is -0.348 e. The van der Waals surface area contributed by atoms with Crippen molar-refractivity contribution in [2.45, 2.75) is 26.9 Å². The number of benzene rings is 1. The van der Waals surface area contributed by atoms with E-state index in [1.807, 2.05) is 54.9 Å². The van der Waals surface area contributed by atoms with Crippen molar-refractivity contribution >= 4 is 16.8 Å². The van der Waals surface area contributed by atoms with Gasteiger partial charge in [-0.1, -0.05) is 24.3 Å². The van der Waals surface area contributed by atoms with Crippen molar-refractivity contribution in [1.82, 2.24) is 14.9 Å². The number of H-pyrrole nitrogens is 1. The van der Waals surface area contributed by atoms with Gasteiger partial charge in [-0.05, 0) is 31.5 Å². The van der Waals surface area contributed by atoms with Crippen LogP contribution in [0.5, 0.6) is 0 Å². The Balaban J connectivity index is 1.89. The predicted molar refractivity (Wildman–Crippen MR) is 99.8 cm³/mol. The van der Waals surface area contributed by atoms with Crippen LogP contribution in [0.4, 0.5) is 0 Å². The number of allylic oxidation sites excluding steroid dienone is 1. The van der Waals surface area contributed by atoms with Gasteiger partial charge in [0.25, 0.3) is 11.5 Å². The van der Waals surface area contributed by atoms with Crippen molar-refractivity contribution < 1.29 is 4.79 Å². The van der Waals surface area contributed by atoms with Crippen molar-refractivity contribution in [3.8, 4) is 0 Å². The van der Waals surface area contributed by atoms with E-state index in [0.29, 0.717) is 17.7 Å². The molecule has 0 fully saturated rings. The number of hydrogen-bond acceptors (Lipinski definition) is 2. The maximum atomic E-state index is 12.7. The van der Waals surface area contributed by atoms with Gasteiger partial charge in [0.15, 0.2) is 0 Å². The third kappa shape index (κ3) is 3.26. The van der Waals surface area contributed by atoms with Crippen molar-refractivity contribution in [2.75, 3.05) is 0 Å². The van der Waals surface area contributed by atoms with E-state index in [2.05, 4.69) is 16.9 Å². The number of amides is 1. The summed E-state index contributed by atoms with van der Waals surface area (Å²) < 4.78 is 1.99. The summed E-state index contributed by atoms with van der Waals surface area (Å²) in [6.45, 7) is 8.30. The molecule has 5 nitrogen and oxygen atoms in total. The van der Waals surface area contributed by atoms with Crippen LogP contribution in [-0.2, 0) is 13.1 Å². The van der Waals surface area contributed by atoms with E-state index >= 15 is 0 Å². The van der Waals surface area contributed by atoms with E-state index in [9.17, 15) is 9.59 Å². The Hall–Kier alpha value is -3.08. The lowest BCUT2D eigenvalue weighted by Crippen LogP contribution is -2.27. The Labute approximate surface area is 146 Å². The fraction of sp³-hybridized carbons (Fsp3) is 0.200. The quantitative estimate of drug-likeness (QED) is 0.704. The molecule has 3 aromatic rings. The maximum Gasteiger partial charge on any atom is 0.253 e. The lowest BCUT2D eigenvalue weighted by atomic mass is 10.1. The minimum atomic E-state index is -0.196. The highest BCUT2D eigenvalue weighted by Crippen LogP contribution is 2.21. The molecule has 0 spiro atoms. The van der Waals surface area contributed by atoms with Gasteiger partial charge in [0.05, 0.1) is 5.56 Å². The van der Waals surface area contributed by atoms with Crippen LogP contribution in [0.1, 0.15) is 27.2 Å². The smallest absolute Gasteiger partial charge is 0.253 e. The van der Waals surface area contributed by atoms with Crippen molar-refractivity contribution in [2.24, 2.45) is 0 Å². The van der Waals surface area contributed by atoms with Gasteiger partial charge >= 0.3 is 0 Å². The van der Waals surface area contributed by atoms with Gasteiger partial charge in [0, 0.05) is 41.4 Å². The topological polar surface area (TPSA) is 66.9 Å². The van der Waals surface area contributed by atoms with Crippen LogP contribution in [0.15, 0.2) is 54.0 Å². The van der Waals surface area contributed by atoms with E-state index in [1.165, 1.54) is 0 Å². The van der Waals surface area contributed by atoms with Gasteiger partial charge < -0.3 is 14.9 Å². The number of aryl methyl sites for hydroxylation is 2. The first-order valence-corrected chi connectivity index (χ1v) is 8.17. The van der Waals surface area contributed by atoms with Crippen molar-refractivity contribution in [1.29, 1.82) is 0 Å². The minimum absolute atomic E-state index is 0.160. The van der Waals surface area contributed by atoms with Gasteiger partial charge in [-0.15, -0.1) is 6.58 Å². The molecule has 128 valence electrons. The molecule has 0 bridgehead atoms. The largest absolute Gasteiger partial charge is 0.348 e. The summed E-state index contributed by atoms with van der Waals surface area (Å²) >= 11 is 0. The fourth-order valence-corrected chi connectivity index (χ4v) is 3.08. The van der Waals surface area contributed by atoms with Gasteiger partial charge in [0.1, 0.15) is 0 Å². The Morgan fingerprint density at radius 1 is 1.32 bits per heavy atom. The highest BCUT2D eigenvalue weighted by Gasteiger charge is 2.15. The summed E-state index contributed by atoms with van der Waals surface area (Å²) in [6.07, 6.45) is 3.62. The summed E-state index contributed by atoms with van der Waals surface area (Å²) in [4.78, 5) is 27.5. The molecule has 0 aliphatic heterocycles. The SMILES string of the molecule is C=CCn1cc(C(=O)NCc2c(C)cc(C)[nH]c2=O)c2ccccc21. The van der Waals surface area contributed by atoms with Gasteiger partial charge in [0.2, 0.25) is 0 Å². The number of nitrogens with one attached hydrogen (secondary N) is 2. The highest BCUT2D eigenvalue weighted by molar-refractivity contribution is 6.07. The summed E-state index contributed by atoms with van der Waals surface area (Å²) in [7, 11) is 0. The number of pyridine rings is 1. The predicted octanol–water partition coefficient (Wildman–Crippen LogP) is 3.06. The Morgan fingerprint density at radius 2 is 2.08 bits per heavy atom. The fourth-order valence-electron chi connectivity index (χ4n) is 3.08. The number of aromatic nitrogens is 2.